The summed E-state index contributed by atoms with van der Waals surface area (Å²) >= 11 is 1.71. The molecule has 1 aliphatic rings. The fraction of sp³-hybridized carbons (Fsp3) is 0.529. The van der Waals surface area contributed by atoms with E-state index >= 15 is 0 Å². The largest absolute Gasteiger partial charge is 0.359 e. The molecule has 2 aromatic rings. The van der Waals surface area contributed by atoms with Crippen LogP contribution in [0.25, 0.3) is 0 Å². The number of amides is 2. The monoisotopic (exact) mass is 348 g/mol. The molecule has 1 saturated heterocycles. The van der Waals surface area contributed by atoms with Crippen LogP contribution in [0.15, 0.2) is 28.1 Å². The first-order valence-electron chi connectivity index (χ1n) is 8.24. The maximum absolute atomic E-state index is 12.7. The molecule has 0 unspecified atom stereocenters. The number of likely N-dealkylation sites (tertiary alicyclic amines) is 1. The highest BCUT2D eigenvalue weighted by molar-refractivity contribution is 7.10. The van der Waals surface area contributed by atoms with Gasteiger partial charge in [-0.05, 0) is 45.3 Å². The van der Waals surface area contributed by atoms with Gasteiger partial charge in [0, 0.05) is 24.0 Å². The van der Waals surface area contributed by atoms with Crippen molar-refractivity contribution in [2.45, 2.75) is 31.8 Å². The van der Waals surface area contributed by atoms with Gasteiger partial charge in [-0.3, -0.25) is 0 Å². The minimum atomic E-state index is -0.0324. The zero-order chi connectivity index (χ0) is 17.1. The van der Waals surface area contributed by atoms with Crippen LogP contribution in [0.3, 0.4) is 0 Å². The van der Waals surface area contributed by atoms with Gasteiger partial charge in [0.1, 0.15) is 0 Å². The Morgan fingerprint density at radius 2 is 2.42 bits per heavy atom. The summed E-state index contributed by atoms with van der Waals surface area (Å²) in [7, 11) is 4.07. The van der Waals surface area contributed by atoms with Crippen LogP contribution in [0.4, 0.5) is 4.79 Å². The van der Waals surface area contributed by atoms with Crippen LogP contribution < -0.4 is 5.32 Å². The van der Waals surface area contributed by atoms with Crippen LogP contribution >= 0.6 is 11.3 Å². The van der Waals surface area contributed by atoms with Crippen LogP contribution in [0.5, 0.6) is 0 Å². The SMILES string of the molecule is Cc1cc([C@@H]2CCCN2C(=O)NC[C@@H](c2cccs2)N(C)C)on1. The third kappa shape index (κ3) is 3.62. The summed E-state index contributed by atoms with van der Waals surface area (Å²) in [5.74, 6) is 0.780. The normalized spacial score (nSPS) is 19.0. The Balaban J connectivity index is 1.63. The maximum Gasteiger partial charge on any atom is 0.318 e. The van der Waals surface area contributed by atoms with Crippen LogP contribution in [0, 0.1) is 6.92 Å². The Morgan fingerprint density at radius 3 is 3.04 bits per heavy atom. The number of rotatable bonds is 5. The summed E-state index contributed by atoms with van der Waals surface area (Å²) in [5, 5.41) is 9.10. The molecule has 0 saturated carbocycles. The molecule has 2 atom stereocenters. The fourth-order valence-corrected chi connectivity index (χ4v) is 4.07. The lowest BCUT2D eigenvalue weighted by Crippen LogP contribution is -2.42. The predicted octanol–water partition coefficient (Wildman–Crippen LogP) is 3.19. The summed E-state index contributed by atoms with van der Waals surface area (Å²) in [6.07, 6.45) is 1.91. The topological polar surface area (TPSA) is 61.6 Å². The fourth-order valence-electron chi connectivity index (χ4n) is 3.15. The summed E-state index contributed by atoms with van der Waals surface area (Å²) in [6, 6.07) is 6.21. The van der Waals surface area contributed by atoms with E-state index in [1.165, 1.54) is 4.88 Å². The first-order valence-corrected chi connectivity index (χ1v) is 9.11. The van der Waals surface area contributed by atoms with Gasteiger partial charge in [-0.15, -0.1) is 11.3 Å². The van der Waals surface area contributed by atoms with Gasteiger partial charge < -0.3 is 19.6 Å². The Morgan fingerprint density at radius 1 is 1.58 bits per heavy atom. The van der Waals surface area contributed by atoms with E-state index in [9.17, 15) is 4.79 Å². The lowest BCUT2D eigenvalue weighted by molar-refractivity contribution is 0.178. The van der Waals surface area contributed by atoms with Crippen molar-refractivity contribution in [1.82, 2.24) is 20.3 Å². The molecule has 0 aliphatic carbocycles. The highest BCUT2D eigenvalue weighted by atomic mass is 32.1. The maximum atomic E-state index is 12.7. The highest BCUT2D eigenvalue weighted by Crippen LogP contribution is 2.32. The predicted molar refractivity (Wildman–Crippen MR) is 94.1 cm³/mol. The third-order valence-electron chi connectivity index (χ3n) is 4.43. The second-order valence-corrected chi connectivity index (χ2v) is 7.38. The van der Waals surface area contributed by atoms with E-state index in [0.717, 1.165) is 30.8 Å². The van der Waals surface area contributed by atoms with E-state index in [2.05, 4.69) is 26.8 Å². The van der Waals surface area contributed by atoms with Gasteiger partial charge in [-0.2, -0.15) is 0 Å². The number of carbonyl (C=O) groups excluding carboxylic acids is 1. The molecule has 6 nitrogen and oxygen atoms in total. The molecule has 0 bridgehead atoms. The van der Waals surface area contributed by atoms with Crippen molar-refractivity contribution in [3.63, 3.8) is 0 Å². The summed E-state index contributed by atoms with van der Waals surface area (Å²) in [4.78, 5) is 17.9. The van der Waals surface area contributed by atoms with Crippen LogP contribution in [0.2, 0.25) is 0 Å². The van der Waals surface area contributed by atoms with E-state index in [4.69, 9.17) is 4.52 Å². The van der Waals surface area contributed by atoms with Crippen molar-refractivity contribution < 1.29 is 9.32 Å². The van der Waals surface area contributed by atoms with Gasteiger partial charge in [-0.25, -0.2) is 4.79 Å². The first kappa shape index (κ1) is 17.0. The van der Waals surface area contributed by atoms with Gasteiger partial charge in [0.25, 0.3) is 0 Å². The number of carbonyl (C=O) groups is 1. The van der Waals surface area contributed by atoms with Gasteiger partial charge in [0.15, 0.2) is 5.76 Å². The zero-order valence-electron chi connectivity index (χ0n) is 14.4. The minimum Gasteiger partial charge on any atom is -0.359 e. The number of hydrogen-bond acceptors (Lipinski definition) is 5. The molecule has 7 heteroatoms. The average molecular weight is 348 g/mol. The number of likely N-dealkylation sites (N-methyl/N-ethyl adjacent to an activating group) is 1. The van der Waals surface area contributed by atoms with E-state index in [0.29, 0.717) is 6.54 Å². The number of aryl methyl sites for hydroxylation is 1. The lowest BCUT2D eigenvalue weighted by Gasteiger charge is -2.27. The number of urea groups is 1. The molecule has 1 N–H and O–H groups in total. The van der Waals surface area contributed by atoms with Crippen LogP contribution in [-0.4, -0.2) is 48.2 Å². The van der Waals surface area contributed by atoms with Gasteiger partial charge in [0.05, 0.1) is 17.8 Å². The van der Waals surface area contributed by atoms with E-state index in [1.54, 1.807) is 11.3 Å². The molecule has 0 radical (unpaired) electrons. The first-order chi connectivity index (χ1) is 11.6. The smallest absolute Gasteiger partial charge is 0.318 e. The molecule has 0 spiro atoms. The molecule has 24 heavy (non-hydrogen) atoms. The number of nitrogens with one attached hydrogen (secondary N) is 1. The van der Waals surface area contributed by atoms with Crippen molar-refractivity contribution in [2.24, 2.45) is 0 Å². The second-order valence-electron chi connectivity index (χ2n) is 6.40. The molecule has 1 aliphatic heterocycles. The third-order valence-corrected chi connectivity index (χ3v) is 5.40. The zero-order valence-corrected chi connectivity index (χ0v) is 15.2. The second kappa shape index (κ2) is 7.36. The highest BCUT2D eigenvalue weighted by Gasteiger charge is 2.33. The molecule has 2 aromatic heterocycles. The molecule has 3 heterocycles. The Kier molecular flexibility index (Phi) is 5.20. The average Bonchev–Trinajstić information content (AvgIpc) is 3.27. The Bertz CT molecular complexity index is 668. The van der Waals surface area contributed by atoms with Crippen LogP contribution in [-0.2, 0) is 0 Å². The summed E-state index contributed by atoms with van der Waals surface area (Å²) in [6.45, 7) is 3.24. The molecule has 3 rings (SSSR count). The van der Waals surface area contributed by atoms with E-state index in [-0.39, 0.29) is 18.1 Å². The Labute approximate surface area is 146 Å². The number of nitrogens with zero attached hydrogens (tertiary/aromatic N) is 3. The summed E-state index contributed by atoms with van der Waals surface area (Å²) in [5.41, 5.74) is 0.850. The quantitative estimate of drug-likeness (QED) is 0.901. The van der Waals surface area contributed by atoms with Crippen molar-refractivity contribution in [1.29, 1.82) is 0 Å². The standard InChI is InChI=1S/C17H24N4O2S/c1-12-10-15(23-19-12)13-6-4-8-21(13)17(22)18-11-14(20(2)3)16-7-5-9-24-16/h5,7,9-10,13-14H,4,6,8,11H2,1-3H3,(H,18,22)/t13-,14-/m0/s1. The Hall–Kier alpha value is -1.86. The molecule has 2 amide bonds. The van der Waals surface area contributed by atoms with Crippen molar-refractivity contribution >= 4 is 17.4 Å². The van der Waals surface area contributed by atoms with E-state index in [1.807, 2.05) is 38.1 Å². The van der Waals surface area contributed by atoms with Crippen molar-refractivity contribution in [2.75, 3.05) is 27.2 Å². The molecule has 130 valence electrons. The lowest BCUT2D eigenvalue weighted by atomic mass is 10.1. The number of aromatic nitrogens is 1. The van der Waals surface area contributed by atoms with Crippen molar-refractivity contribution in [3.8, 4) is 0 Å². The van der Waals surface area contributed by atoms with Gasteiger partial charge in [-0.1, -0.05) is 11.2 Å². The number of hydrogen-bond donors (Lipinski definition) is 1. The van der Waals surface area contributed by atoms with E-state index < -0.39 is 0 Å². The van der Waals surface area contributed by atoms with Gasteiger partial charge in [0.2, 0.25) is 0 Å². The molecule has 0 aromatic carbocycles. The van der Waals surface area contributed by atoms with Crippen molar-refractivity contribution in [3.05, 3.63) is 39.9 Å². The molecular formula is C17H24N4O2S. The summed E-state index contributed by atoms with van der Waals surface area (Å²) < 4.78 is 5.37. The van der Waals surface area contributed by atoms with Crippen LogP contribution in [0.1, 0.15) is 41.3 Å². The number of thiophene rings is 1. The van der Waals surface area contributed by atoms with Gasteiger partial charge >= 0.3 is 6.03 Å². The molecule has 1 fully saturated rings. The minimum absolute atomic E-state index is 0.00857. The molecular weight excluding hydrogens is 324 g/mol.